The van der Waals surface area contributed by atoms with E-state index in [0.29, 0.717) is 18.5 Å². The Hall–Kier alpha value is -3.27. The van der Waals surface area contributed by atoms with Crippen molar-refractivity contribution >= 4 is 28.6 Å². The van der Waals surface area contributed by atoms with Gasteiger partial charge in [-0.25, -0.2) is 19.6 Å². The van der Waals surface area contributed by atoms with Gasteiger partial charge in [0, 0.05) is 52.2 Å². The van der Waals surface area contributed by atoms with Crippen LogP contribution in [0.1, 0.15) is 50.6 Å². The molecule has 3 fully saturated rings. The first-order chi connectivity index (χ1) is 19.1. The Kier molecular flexibility index (Phi) is 7.63. The molecule has 0 atom stereocenters. The molecule has 0 spiro atoms. The second kappa shape index (κ2) is 11.5. The largest absolute Gasteiger partial charge is 0.363 e. The normalized spacial score (nSPS) is 22.8. The molecule has 1 amide bonds. The maximum atomic E-state index is 13.4. The van der Waals surface area contributed by atoms with Crippen LogP contribution in [0, 0.1) is 5.92 Å². The number of pyridine rings is 1. The van der Waals surface area contributed by atoms with E-state index in [-0.39, 0.29) is 5.92 Å². The van der Waals surface area contributed by atoms with Gasteiger partial charge in [-0.15, -0.1) is 0 Å². The summed E-state index contributed by atoms with van der Waals surface area (Å²) in [4.78, 5) is 36.3. The van der Waals surface area contributed by atoms with E-state index in [9.17, 15) is 4.79 Å². The van der Waals surface area contributed by atoms with Crippen LogP contribution in [0.3, 0.4) is 0 Å². The molecule has 10 nitrogen and oxygen atoms in total. The van der Waals surface area contributed by atoms with Crippen molar-refractivity contribution in [3.05, 3.63) is 36.4 Å². The van der Waals surface area contributed by atoms with E-state index in [0.717, 1.165) is 67.4 Å². The topological polar surface area (TPSA) is 86.5 Å². The molecule has 1 aliphatic carbocycles. The predicted molar refractivity (Wildman–Crippen MR) is 153 cm³/mol. The third-order valence-corrected chi connectivity index (χ3v) is 8.82. The molecule has 2 aliphatic heterocycles. The third kappa shape index (κ3) is 5.57. The number of aromatic nitrogens is 5. The van der Waals surface area contributed by atoms with Gasteiger partial charge < -0.3 is 19.6 Å². The standard InChI is InChI=1S/C29H41N9O/c1-34(2)26-8-6-7-23(33-26)20-38-28-25(19-32-38)27(30-21-31-28)36-15-17-37(18-16-36)29(39)22-9-11-24(12-10-22)35-13-4-3-5-14-35/h6-8,19,21-22,24H,3-5,9-18,20H2,1-2H3. The summed E-state index contributed by atoms with van der Waals surface area (Å²) in [7, 11) is 3.98. The molecule has 2 saturated heterocycles. The van der Waals surface area contributed by atoms with E-state index in [4.69, 9.17) is 4.98 Å². The number of piperazine rings is 1. The van der Waals surface area contributed by atoms with Gasteiger partial charge in [0.15, 0.2) is 5.65 Å². The highest BCUT2D eigenvalue weighted by Crippen LogP contribution is 2.31. The maximum absolute atomic E-state index is 13.4. The minimum absolute atomic E-state index is 0.196. The molecule has 39 heavy (non-hydrogen) atoms. The Labute approximate surface area is 231 Å². The number of amides is 1. The summed E-state index contributed by atoms with van der Waals surface area (Å²) in [6.45, 7) is 6.08. The van der Waals surface area contributed by atoms with Crippen LogP contribution in [-0.2, 0) is 11.3 Å². The summed E-state index contributed by atoms with van der Waals surface area (Å²) in [5, 5.41) is 5.57. The zero-order valence-corrected chi connectivity index (χ0v) is 23.4. The number of fused-ring (bicyclic) bond motifs is 1. The van der Waals surface area contributed by atoms with Crippen LogP contribution >= 0.6 is 0 Å². The van der Waals surface area contributed by atoms with Crippen molar-refractivity contribution in [3.8, 4) is 0 Å². The Bertz CT molecular complexity index is 1270. The molecule has 3 aromatic rings. The highest BCUT2D eigenvalue weighted by molar-refractivity contribution is 5.87. The number of hydrogen-bond donors (Lipinski definition) is 0. The monoisotopic (exact) mass is 531 g/mol. The summed E-state index contributed by atoms with van der Waals surface area (Å²) in [5.41, 5.74) is 1.74. The van der Waals surface area contributed by atoms with Crippen LogP contribution in [0.25, 0.3) is 11.0 Å². The Balaban J connectivity index is 1.06. The number of anilines is 2. The van der Waals surface area contributed by atoms with Crippen molar-refractivity contribution in [2.24, 2.45) is 5.92 Å². The molecule has 0 N–H and O–H groups in total. The maximum Gasteiger partial charge on any atom is 0.225 e. The average molecular weight is 532 g/mol. The van der Waals surface area contributed by atoms with Crippen molar-refractivity contribution in [2.45, 2.75) is 57.5 Å². The van der Waals surface area contributed by atoms with E-state index >= 15 is 0 Å². The van der Waals surface area contributed by atoms with Crippen LogP contribution in [0.15, 0.2) is 30.7 Å². The fourth-order valence-corrected chi connectivity index (χ4v) is 6.57. The second-order valence-corrected chi connectivity index (χ2v) is 11.5. The molecule has 3 aromatic heterocycles. The quantitative estimate of drug-likeness (QED) is 0.480. The number of nitrogens with zero attached hydrogens (tertiary/aromatic N) is 9. The van der Waals surface area contributed by atoms with Crippen molar-refractivity contribution in [3.63, 3.8) is 0 Å². The minimum atomic E-state index is 0.196. The highest BCUT2D eigenvalue weighted by atomic mass is 16.2. The number of carbonyl (C=O) groups excluding carboxylic acids is 1. The molecule has 1 saturated carbocycles. The van der Waals surface area contributed by atoms with Gasteiger partial charge in [0.2, 0.25) is 5.91 Å². The van der Waals surface area contributed by atoms with Gasteiger partial charge in [-0.1, -0.05) is 12.5 Å². The smallest absolute Gasteiger partial charge is 0.225 e. The van der Waals surface area contributed by atoms with Gasteiger partial charge in [0.1, 0.15) is 18.0 Å². The Morgan fingerprint density at radius 3 is 2.46 bits per heavy atom. The van der Waals surface area contributed by atoms with Crippen LogP contribution in [0.5, 0.6) is 0 Å². The highest BCUT2D eigenvalue weighted by Gasteiger charge is 2.33. The number of rotatable bonds is 6. The lowest BCUT2D eigenvalue weighted by molar-refractivity contribution is -0.137. The van der Waals surface area contributed by atoms with Crippen LogP contribution < -0.4 is 9.80 Å². The van der Waals surface area contributed by atoms with Crippen LogP contribution in [0.4, 0.5) is 11.6 Å². The van der Waals surface area contributed by atoms with E-state index in [1.807, 2.05) is 48.1 Å². The first-order valence-corrected chi connectivity index (χ1v) is 14.6. The van der Waals surface area contributed by atoms with Crippen LogP contribution in [0.2, 0.25) is 0 Å². The molecule has 5 heterocycles. The fraction of sp³-hybridized carbons (Fsp3) is 0.621. The summed E-state index contributed by atoms with van der Waals surface area (Å²) < 4.78 is 1.89. The molecule has 208 valence electrons. The number of carbonyl (C=O) groups is 1. The summed E-state index contributed by atoms with van der Waals surface area (Å²) in [5.74, 6) is 2.37. The summed E-state index contributed by atoms with van der Waals surface area (Å²) in [6, 6.07) is 6.72. The van der Waals surface area contributed by atoms with Gasteiger partial charge in [-0.2, -0.15) is 5.10 Å². The zero-order chi connectivity index (χ0) is 26.8. The van der Waals surface area contributed by atoms with Gasteiger partial charge in [0.05, 0.1) is 23.8 Å². The molecular weight excluding hydrogens is 490 g/mol. The van der Waals surface area contributed by atoms with E-state index < -0.39 is 0 Å². The zero-order valence-electron chi connectivity index (χ0n) is 23.4. The second-order valence-electron chi connectivity index (χ2n) is 11.5. The van der Waals surface area contributed by atoms with Crippen molar-refractivity contribution < 1.29 is 4.79 Å². The number of hydrogen-bond acceptors (Lipinski definition) is 8. The molecule has 0 radical (unpaired) electrons. The van der Waals surface area contributed by atoms with Crippen molar-refractivity contribution in [1.29, 1.82) is 0 Å². The lowest BCUT2D eigenvalue weighted by atomic mass is 9.83. The molecule has 0 aromatic carbocycles. The van der Waals surface area contributed by atoms with Gasteiger partial charge >= 0.3 is 0 Å². The van der Waals surface area contributed by atoms with Gasteiger partial charge in [-0.05, 0) is 63.7 Å². The lowest BCUT2D eigenvalue weighted by Crippen LogP contribution is -2.51. The number of likely N-dealkylation sites (tertiary alicyclic amines) is 1. The summed E-state index contributed by atoms with van der Waals surface area (Å²) in [6.07, 6.45) is 12.0. The molecular formula is C29H41N9O. The van der Waals surface area contributed by atoms with Gasteiger partial charge in [0.25, 0.3) is 0 Å². The van der Waals surface area contributed by atoms with E-state index in [2.05, 4.69) is 29.8 Å². The fourth-order valence-electron chi connectivity index (χ4n) is 6.57. The number of piperidine rings is 1. The lowest BCUT2D eigenvalue weighted by Gasteiger charge is -2.41. The average Bonchev–Trinajstić information content (AvgIpc) is 3.40. The predicted octanol–water partition coefficient (Wildman–Crippen LogP) is 3.03. The molecule has 0 unspecified atom stereocenters. The van der Waals surface area contributed by atoms with E-state index in [1.54, 1.807) is 6.33 Å². The van der Waals surface area contributed by atoms with Crippen molar-refractivity contribution in [1.82, 2.24) is 34.5 Å². The third-order valence-electron chi connectivity index (χ3n) is 8.82. The molecule has 3 aliphatic rings. The summed E-state index contributed by atoms with van der Waals surface area (Å²) >= 11 is 0. The van der Waals surface area contributed by atoms with Crippen molar-refractivity contribution in [2.75, 3.05) is 63.2 Å². The molecule has 10 heteroatoms. The first kappa shape index (κ1) is 26.0. The Morgan fingerprint density at radius 2 is 1.72 bits per heavy atom. The minimum Gasteiger partial charge on any atom is -0.363 e. The molecule has 0 bridgehead atoms. The van der Waals surface area contributed by atoms with E-state index in [1.165, 1.54) is 45.2 Å². The van der Waals surface area contributed by atoms with Crippen LogP contribution in [-0.4, -0.2) is 99.8 Å². The Morgan fingerprint density at radius 1 is 0.949 bits per heavy atom. The molecule has 6 rings (SSSR count). The SMILES string of the molecule is CN(C)c1cccc(Cn2ncc3c(N4CCN(C(=O)C5CCC(N6CCCCC6)CC5)CC4)ncnc32)n1. The first-order valence-electron chi connectivity index (χ1n) is 14.6. The van der Waals surface area contributed by atoms with Gasteiger partial charge in [-0.3, -0.25) is 4.79 Å².